The Balaban J connectivity index is 1.89. The minimum Gasteiger partial charge on any atom is -0.453 e. The van der Waals surface area contributed by atoms with Gasteiger partial charge >= 0.3 is 12.3 Å². The van der Waals surface area contributed by atoms with E-state index in [2.05, 4.69) is 15.4 Å². The van der Waals surface area contributed by atoms with Crippen LogP contribution in [0.1, 0.15) is 24.5 Å². The van der Waals surface area contributed by atoms with Crippen molar-refractivity contribution in [1.82, 2.24) is 10.6 Å². The Morgan fingerprint density at radius 1 is 1.00 bits per heavy atom. The van der Waals surface area contributed by atoms with Gasteiger partial charge in [0.15, 0.2) is 0 Å². The summed E-state index contributed by atoms with van der Waals surface area (Å²) in [5.41, 5.74) is 1.79. The first-order valence-corrected chi connectivity index (χ1v) is 9.13. The SMILES string of the molecule is CCC(NC(=O)OC)C(=O)NCCc1ccc(-c2ccc(C(F)(F)F)cc2)cc1. The Kier molecular flexibility index (Phi) is 7.64. The molecule has 5 nitrogen and oxygen atoms in total. The number of carbonyl (C=O) groups excluding carboxylic acids is 2. The van der Waals surface area contributed by atoms with Crippen LogP contribution < -0.4 is 10.6 Å². The van der Waals surface area contributed by atoms with Crippen LogP contribution in [-0.4, -0.2) is 31.7 Å². The summed E-state index contributed by atoms with van der Waals surface area (Å²) in [7, 11) is 1.23. The topological polar surface area (TPSA) is 67.4 Å². The first-order valence-electron chi connectivity index (χ1n) is 9.13. The third-order valence-electron chi connectivity index (χ3n) is 4.41. The maximum absolute atomic E-state index is 12.6. The van der Waals surface area contributed by atoms with E-state index in [0.29, 0.717) is 24.9 Å². The van der Waals surface area contributed by atoms with Crippen LogP contribution >= 0.6 is 0 Å². The number of halogens is 3. The largest absolute Gasteiger partial charge is 0.453 e. The molecule has 0 heterocycles. The Bertz CT molecular complexity index is 819. The van der Waals surface area contributed by atoms with E-state index < -0.39 is 23.9 Å². The van der Waals surface area contributed by atoms with Crippen LogP contribution in [-0.2, 0) is 22.1 Å². The van der Waals surface area contributed by atoms with E-state index in [-0.39, 0.29) is 5.91 Å². The third kappa shape index (κ3) is 6.51. The molecular weight excluding hydrogens is 385 g/mol. The highest BCUT2D eigenvalue weighted by atomic mass is 19.4. The first-order chi connectivity index (χ1) is 13.7. The van der Waals surface area contributed by atoms with Crippen LogP contribution in [0.5, 0.6) is 0 Å². The quantitative estimate of drug-likeness (QED) is 0.723. The Hall–Kier alpha value is -3.03. The summed E-state index contributed by atoms with van der Waals surface area (Å²) in [4.78, 5) is 23.3. The zero-order valence-electron chi connectivity index (χ0n) is 16.2. The first kappa shape index (κ1) is 22.3. The van der Waals surface area contributed by atoms with Gasteiger partial charge in [0.05, 0.1) is 12.7 Å². The van der Waals surface area contributed by atoms with E-state index in [1.807, 2.05) is 24.3 Å². The molecule has 1 atom stereocenters. The van der Waals surface area contributed by atoms with Gasteiger partial charge in [0.1, 0.15) is 6.04 Å². The van der Waals surface area contributed by atoms with Gasteiger partial charge in [0, 0.05) is 6.54 Å². The number of rotatable bonds is 7. The molecule has 2 N–H and O–H groups in total. The monoisotopic (exact) mass is 408 g/mol. The highest BCUT2D eigenvalue weighted by Crippen LogP contribution is 2.31. The number of alkyl halides is 3. The lowest BCUT2D eigenvalue weighted by Crippen LogP contribution is -2.46. The number of nitrogens with one attached hydrogen (secondary N) is 2. The van der Waals surface area contributed by atoms with Crippen LogP contribution in [0.4, 0.5) is 18.0 Å². The van der Waals surface area contributed by atoms with E-state index in [0.717, 1.165) is 23.3 Å². The molecule has 0 aliphatic rings. The fraction of sp³-hybridized carbons (Fsp3) is 0.333. The molecule has 156 valence electrons. The van der Waals surface area contributed by atoms with Gasteiger partial charge in [-0.15, -0.1) is 0 Å². The normalized spacial score (nSPS) is 12.2. The molecule has 0 saturated carbocycles. The van der Waals surface area contributed by atoms with Crippen molar-refractivity contribution < 1.29 is 27.5 Å². The maximum atomic E-state index is 12.6. The lowest BCUT2D eigenvalue weighted by Gasteiger charge is -2.16. The molecule has 0 bridgehead atoms. The predicted octanol–water partition coefficient (Wildman–Crippen LogP) is 4.17. The van der Waals surface area contributed by atoms with Crippen molar-refractivity contribution in [3.05, 3.63) is 59.7 Å². The minimum atomic E-state index is -4.35. The summed E-state index contributed by atoms with van der Waals surface area (Å²) in [5.74, 6) is -0.292. The number of benzene rings is 2. The zero-order valence-corrected chi connectivity index (χ0v) is 16.2. The lowest BCUT2D eigenvalue weighted by atomic mass is 10.0. The number of methoxy groups -OCH3 is 1. The molecule has 29 heavy (non-hydrogen) atoms. The van der Waals surface area contributed by atoms with Crippen molar-refractivity contribution >= 4 is 12.0 Å². The average Bonchev–Trinajstić information content (AvgIpc) is 2.71. The van der Waals surface area contributed by atoms with Gasteiger partial charge in [0.2, 0.25) is 5.91 Å². The van der Waals surface area contributed by atoms with Crippen molar-refractivity contribution in [3.8, 4) is 11.1 Å². The molecule has 0 fully saturated rings. The summed E-state index contributed by atoms with van der Waals surface area (Å²) in [6.45, 7) is 2.16. The molecule has 1 unspecified atom stereocenters. The van der Waals surface area contributed by atoms with Gasteiger partial charge in [-0.3, -0.25) is 4.79 Å². The Morgan fingerprint density at radius 3 is 2.03 bits per heavy atom. The maximum Gasteiger partial charge on any atom is 0.416 e. The third-order valence-corrected chi connectivity index (χ3v) is 4.41. The predicted molar refractivity (Wildman–Crippen MR) is 103 cm³/mol. The van der Waals surface area contributed by atoms with Crippen molar-refractivity contribution in [2.24, 2.45) is 0 Å². The number of hydrogen-bond donors (Lipinski definition) is 2. The summed E-state index contributed by atoms with van der Waals surface area (Å²) in [6, 6.07) is 11.7. The summed E-state index contributed by atoms with van der Waals surface area (Å²) >= 11 is 0. The number of alkyl carbamates (subject to hydrolysis) is 1. The smallest absolute Gasteiger partial charge is 0.416 e. The van der Waals surface area contributed by atoms with E-state index >= 15 is 0 Å². The summed E-state index contributed by atoms with van der Waals surface area (Å²) in [5, 5.41) is 5.22. The molecule has 2 amide bonds. The fourth-order valence-electron chi connectivity index (χ4n) is 2.72. The van der Waals surface area contributed by atoms with Crippen LogP contribution in [0.15, 0.2) is 48.5 Å². The highest BCUT2D eigenvalue weighted by Gasteiger charge is 2.29. The highest BCUT2D eigenvalue weighted by molar-refractivity contribution is 5.85. The van der Waals surface area contributed by atoms with Crippen molar-refractivity contribution in [3.63, 3.8) is 0 Å². The Morgan fingerprint density at radius 2 is 1.55 bits per heavy atom. The molecular formula is C21H23F3N2O3. The van der Waals surface area contributed by atoms with E-state index in [1.165, 1.54) is 19.2 Å². The van der Waals surface area contributed by atoms with Gasteiger partial charge in [-0.1, -0.05) is 43.3 Å². The second kappa shape index (κ2) is 9.95. The average molecular weight is 408 g/mol. The van der Waals surface area contributed by atoms with Crippen LogP contribution in [0.25, 0.3) is 11.1 Å². The molecule has 0 radical (unpaired) electrons. The van der Waals surface area contributed by atoms with Gasteiger partial charge in [0.25, 0.3) is 0 Å². The van der Waals surface area contributed by atoms with Crippen molar-refractivity contribution in [1.29, 1.82) is 0 Å². The molecule has 8 heteroatoms. The molecule has 0 saturated heterocycles. The molecule has 0 aromatic heterocycles. The van der Waals surface area contributed by atoms with E-state index in [9.17, 15) is 22.8 Å². The number of carbonyl (C=O) groups is 2. The molecule has 0 spiro atoms. The number of hydrogen-bond acceptors (Lipinski definition) is 3. The van der Waals surface area contributed by atoms with E-state index in [4.69, 9.17) is 0 Å². The molecule has 0 aliphatic heterocycles. The molecule has 2 rings (SSSR count). The fourth-order valence-corrected chi connectivity index (χ4v) is 2.72. The summed E-state index contributed by atoms with van der Waals surface area (Å²) in [6.07, 6.45) is -4.00. The molecule has 2 aromatic rings. The van der Waals surface area contributed by atoms with Crippen molar-refractivity contribution in [2.45, 2.75) is 32.0 Å². The van der Waals surface area contributed by atoms with Crippen molar-refractivity contribution in [2.75, 3.05) is 13.7 Å². The minimum absolute atomic E-state index is 0.292. The standard InChI is InChI=1S/C21H23F3N2O3/c1-3-18(26-20(28)29-2)19(27)25-13-12-14-4-6-15(7-5-14)16-8-10-17(11-9-16)21(22,23)24/h4-11,18H,3,12-13H2,1-2H3,(H,25,27)(H,26,28). The van der Waals surface area contributed by atoms with E-state index in [1.54, 1.807) is 6.92 Å². The lowest BCUT2D eigenvalue weighted by molar-refractivity contribution is -0.137. The van der Waals surface area contributed by atoms with Crippen LogP contribution in [0.2, 0.25) is 0 Å². The van der Waals surface area contributed by atoms with Crippen LogP contribution in [0, 0.1) is 0 Å². The van der Waals surface area contributed by atoms with Gasteiger partial charge in [-0.05, 0) is 41.7 Å². The van der Waals surface area contributed by atoms with Gasteiger partial charge < -0.3 is 15.4 Å². The van der Waals surface area contributed by atoms with Gasteiger partial charge in [-0.25, -0.2) is 4.79 Å². The Labute approximate surface area is 167 Å². The second-order valence-electron chi connectivity index (χ2n) is 6.41. The molecule has 2 aromatic carbocycles. The number of amides is 2. The van der Waals surface area contributed by atoms with Gasteiger partial charge in [-0.2, -0.15) is 13.2 Å². The second-order valence-corrected chi connectivity index (χ2v) is 6.41. The van der Waals surface area contributed by atoms with Crippen LogP contribution in [0.3, 0.4) is 0 Å². The number of ether oxygens (including phenoxy) is 1. The summed E-state index contributed by atoms with van der Waals surface area (Å²) < 4.78 is 42.4. The molecule has 0 aliphatic carbocycles. The zero-order chi connectivity index (χ0) is 21.4.